The average molecular weight is 277 g/mol. The van der Waals surface area contributed by atoms with Crippen molar-refractivity contribution in [2.75, 3.05) is 0 Å². The van der Waals surface area contributed by atoms with Gasteiger partial charge in [-0.05, 0) is 42.5 Å². The molecule has 21 heavy (non-hydrogen) atoms. The van der Waals surface area contributed by atoms with Crippen LogP contribution in [-0.2, 0) is 0 Å². The highest BCUT2D eigenvalue weighted by atomic mass is 19.1. The molecule has 0 aliphatic heterocycles. The molecule has 3 heteroatoms. The molecule has 0 aliphatic rings. The van der Waals surface area contributed by atoms with Crippen molar-refractivity contribution in [2.24, 2.45) is 0 Å². The fraction of sp³-hybridized carbons (Fsp3) is 0. The summed E-state index contributed by atoms with van der Waals surface area (Å²) < 4.78 is 15.2. The Morgan fingerprint density at radius 1 is 0.762 bits per heavy atom. The minimum atomic E-state index is -0.262. The van der Waals surface area contributed by atoms with Crippen LogP contribution in [0.4, 0.5) is 4.39 Å². The molecule has 0 spiro atoms. The Hall–Kier alpha value is -2.81. The van der Waals surface area contributed by atoms with Gasteiger partial charge in [0.1, 0.15) is 11.6 Å². The molecule has 0 fully saturated rings. The molecule has 0 amide bonds. The molecule has 1 aromatic heterocycles. The van der Waals surface area contributed by atoms with Crippen LogP contribution < -0.4 is 0 Å². The van der Waals surface area contributed by atoms with E-state index >= 15 is 0 Å². The molecular weight excluding hydrogens is 265 g/mol. The van der Waals surface area contributed by atoms with E-state index in [9.17, 15) is 9.50 Å². The Morgan fingerprint density at radius 3 is 2.29 bits per heavy atom. The zero-order valence-electron chi connectivity index (χ0n) is 11.1. The summed E-state index contributed by atoms with van der Waals surface area (Å²) in [5.74, 6) is -0.00748. The summed E-state index contributed by atoms with van der Waals surface area (Å²) in [5, 5.41) is 12.0. The lowest BCUT2D eigenvalue weighted by atomic mass is 10.1. The van der Waals surface area contributed by atoms with Crippen molar-refractivity contribution in [3.05, 3.63) is 72.5 Å². The zero-order chi connectivity index (χ0) is 14.4. The van der Waals surface area contributed by atoms with E-state index < -0.39 is 0 Å². The molecular formula is C18H12FNO. The number of hydrogen-bond donors (Lipinski definition) is 1. The lowest BCUT2D eigenvalue weighted by Crippen LogP contribution is -1.93. The molecule has 0 bridgehead atoms. The zero-order valence-corrected chi connectivity index (χ0v) is 11.1. The molecule has 0 aliphatic carbocycles. The quantitative estimate of drug-likeness (QED) is 0.539. The maximum Gasteiger partial charge on any atom is 0.125 e. The van der Waals surface area contributed by atoms with Crippen molar-refractivity contribution in [3.63, 3.8) is 0 Å². The molecule has 1 heterocycles. The third-order valence-corrected chi connectivity index (χ3v) is 3.76. The number of rotatable bonds is 1. The predicted molar refractivity (Wildman–Crippen MR) is 82.4 cm³/mol. The number of aromatic nitrogens is 1. The number of aromatic hydroxyl groups is 1. The van der Waals surface area contributed by atoms with Gasteiger partial charge in [-0.1, -0.05) is 24.3 Å². The topological polar surface area (TPSA) is 25.2 Å². The summed E-state index contributed by atoms with van der Waals surface area (Å²) in [6, 6.07) is 19.7. The SMILES string of the molecule is Oc1cccc2c1c1ccccc1n2-c1ccc(F)cc1. The lowest BCUT2D eigenvalue weighted by Gasteiger charge is -2.07. The maximum absolute atomic E-state index is 13.2. The fourth-order valence-corrected chi connectivity index (χ4v) is 2.87. The van der Waals surface area contributed by atoms with Crippen LogP contribution in [0.5, 0.6) is 5.75 Å². The number of hydrogen-bond acceptors (Lipinski definition) is 1. The van der Waals surface area contributed by atoms with E-state index in [-0.39, 0.29) is 11.6 Å². The summed E-state index contributed by atoms with van der Waals surface area (Å²) in [5.41, 5.74) is 2.76. The summed E-state index contributed by atoms with van der Waals surface area (Å²) in [6.45, 7) is 0. The second-order valence-electron chi connectivity index (χ2n) is 5.00. The molecule has 0 atom stereocenters. The van der Waals surface area contributed by atoms with Crippen molar-refractivity contribution < 1.29 is 9.50 Å². The van der Waals surface area contributed by atoms with Crippen LogP contribution in [0.3, 0.4) is 0 Å². The van der Waals surface area contributed by atoms with Crippen LogP contribution >= 0.6 is 0 Å². The molecule has 1 N–H and O–H groups in total. The maximum atomic E-state index is 13.2. The largest absolute Gasteiger partial charge is 0.507 e. The Morgan fingerprint density at radius 2 is 1.48 bits per heavy atom. The number of halogens is 1. The van der Waals surface area contributed by atoms with Crippen molar-refractivity contribution in [1.82, 2.24) is 4.57 Å². The van der Waals surface area contributed by atoms with Crippen LogP contribution in [0.25, 0.3) is 27.5 Å². The monoisotopic (exact) mass is 277 g/mol. The highest BCUT2D eigenvalue weighted by molar-refractivity contribution is 6.12. The van der Waals surface area contributed by atoms with E-state index in [4.69, 9.17) is 0 Å². The number of fused-ring (bicyclic) bond motifs is 3. The molecule has 0 unspecified atom stereocenters. The molecule has 102 valence electrons. The van der Waals surface area contributed by atoms with Gasteiger partial charge in [0.05, 0.1) is 11.0 Å². The van der Waals surface area contributed by atoms with Gasteiger partial charge in [-0.15, -0.1) is 0 Å². The van der Waals surface area contributed by atoms with Gasteiger partial charge in [0.25, 0.3) is 0 Å². The minimum absolute atomic E-state index is 0.254. The molecule has 4 aromatic rings. The van der Waals surface area contributed by atoms with E-state index in [1.54, 1.807) is 18.2 Å². The number of benzene rings is 3. The van der Waals surface area contributed by atoms with Gasteiger partial charge in [0, 0.05) is 16.5 Å². The Bertz CT molecular complexity index is 954. The van der Waals surface area contributed by atoms with Crippen LogP contribution in [0.15, 0.2) is 66.7 Å². The van der Waals surface area contributed by atoms with Crippen molar-refractivity contribution in [2.45, 2.75) is 0 Å². The first kappa shape index (κ1) is 12.0. The number of para-hydroxylation sites is 1. The van der Waals surface area contributed by atoms with E-state index in [2.05, 4.69) is 0 Å². The second-order valence-corrected chi connectivity index (χ2v) is 5.00. The highest BCUT2D eigenvalue weighted by Gasteiger charge is 2.14. The van der Waals surface area contributed by atoms with Gasteiger partial charge >= 0.3 is 0 Å². The summed E-state index contributed by atoms with van der Waals surface area (Å²) in [6.07, 6.45) is 0. The third-order valence-electron chi connectivity index (χ3n) is 3.76. The highest BCUT2D eigenvalue weighted by Crippen LogP contribution is 2.36. The van der Waals surface area contributed by atoms with Crippen molar-refractivity contribution in [3.8, 4) is 11.4 Å². The van der Waals surface area contributed by atoms with Gasteiger partial charge in [0.15, 0.2) is 0 Å². The first-order valence-electron chi connectivity index (χ1n) is 6.73. The molecule has 0 saturated heterocycles. The van der Waals surface area contributed by atoms with E-state index in [0.717, 1.165) is 27.5 Å². The van der Waals surface area contributed by atoms with Gasteiger partial charge in [0.2, 0.25) is 0 Å². The van der Waals surface area contributed by atoms with Gasteiger partial charge in [-0.3, -0.25) is 0 Å². The number of phenols is 1. The molecule has 4 rings (SSSR count). The Balaban J connectivity index is 2.20. The van der Waals surface area contributed by atoms with Gasteiger partial charge < -0.3 is 9.67 Å². The van der Waals surface area contributed by atoms with Crippen molar-refractivity contribution in [1.29, 1.82) is 0 Å². The molecule has 0 radical (unpaired) electrons. The van der Waals surface area contributed by atoms with E-state index in [1.807, 2.05) is 41.0 Å². The summed E-state index contributed by atoms with van der Waals surface area (Å²) >= 11 is 0. The number of phenolic OH excluding ortho intramolecular Hbond substituents is 1. The third kappa shape index (κ3) is 1.71. The first-order chi connectivity index (χ1) is 10.3. The van der Waals surface area contributed by atoms with Crippen LogP contribution in [0.2, 0.25) is 0 Å². The van der Waals surface area contributed by atoms with Crippen molar-refractivity contribution >= 4 is 21.8 Å². The van der Waals surface area contributed by atoms with Crippen LogP contribution in [-0.4, -0.2) is 9.67 Å². The molecule has 2 nitrogen and oxygen atoms in total. The second kappa shape index (κ2) is 4.35. The smallest absolute Gasteiger partial charge is 0.125 e. The van der Waals surface area contributed by atoms with Gasteiger partial charge in [-0.25, -0.2) is 4.39 Å². The minimum Gasteiger partial charge on any atom is -0.507 e. The average Bonchev–Trinajstić information content (AvgIpc) is 2.84. The Labute approximate surface area is 120 Å². The predicted octanol–water partition coefficient (Wildman–Crippen LogP) is 4.63. The molecule has 3 aromatic carbocycles. The van der Waals surface area contributed by atoms with E-state index in [0.29, 0.717) is 0 Å². The normalized spacial score (nSPS) is 11.3. The van der Waals surface area contributed by atoms with Gasteiger partial charge in [-0.2, -0.15) is 0 Å². The molecule has 0 saturated carbocycles. The summed E-state index contributed by atoms with van der Waals surface area (Å²) in [7, 11) is 0. The number of nitrogens with zero attached hydrogens (tertiary/aromatic N) is 1. The standard InChI is InChI=1S/C18H12FNO/c19-12-8-10-13(11-9-12)20-15-5-2-1-4-14(15)18-16(20)6-3-7-17(18)21/h1-11,21H. The first-order valence-corrected chi connectivity index (χ1v) is 6.73. The van der Waals surface area contributed by atoms with Crippen LogP contribution in [0.1, 0.15) is 0 Å². The summed E-state index contributed by atoms with van der Waals surface area (Å²) in [4.78, 5) is 0. The lowest BCUT2D eigenvalue weighted by molar-refractivity contribution is 0.482. The van der Waals surface area contributed by atoms with E-state index in [1.165, 1.54) is 12.1 Å². The fourth-order valence-electron chi connectivity index (χ4n) is 2.87. The van der Waals surface area contributed by atoms with Crippen LogP contribution in [0, 0.1) is 5.82 Å². The Kier molecular flexibility index (Phi) is 2.48.